The molecule has 0 saturated carbocycles. The van der Waals surface area contributed by atoms with E-state index in [0.717, 1.165) is 11.8 Å². The number of ether oxygens (including phenoxy) is 1. The normalized spacial score (nSPS) is 9.91. The fraction of sp³-hybridized carbons (Fsp3) is 0.429. The molecule has 0 spiro atoms. The Labute approximate surface area is 133 Å². The first-order valence-electron chi connectivity index (χ1n) is 6.86. The van der Waals surface area contributed by atoms with Crippen LogP contribution < -0.4 is 10.6 Å². The van der Waals surface area contributed by atoms with E-state index < -0.39 is 5.97 Å². The summed E-state index contributed by atoms with van der Waals surface area (Å²) < 4.78 is 4.93. The van der Waals surface area contributed by atoms with Crippen molar-refractivity contribution < 1.29 is 19.1 Å². The lowest BCUT2D eigenvalue weighted by molar-refractivity contribution is -0.124. The van der Waals surface area contributed by atoms with Crippen LogP contribution in [0.5, 0.6) is 0 Å². The number of pyridine rings is 1. The third kappa shape index (κ3) is 6.13. The Morgan fingerprint density at radius 1 is 1.18 bits per heavy atom. The van der Waals surface area contributed by atoms with Crippen LogP contribution in [0.1, 0.15) is 24.2 Å². The minimum absolute atomic E-state index is 0.139. The van der Waals surface area contributed by atoms with Crippen molar-refractivity contribution in [2.75, 3.05) is 25.4 Å². The van der Waals surface area contributed by atoms with Gasteiger partial charge in [0.15, 0.2) is 6.61 Å². The zero-order valence-corrected chi connectivity index (χ0v) is 13.4. The number of carbonyl (C=O) groups excluding carboxylic acids is 3. The number of carbonyl (C=O) groups is 3. The van der Waals surface area contributed by atoms with E-state index in [4.69, 9.17) is 4.74 Å². The second-order valence-corrected chi connectivity index (χ2v) is 5.09. The summed E-state index contributed by atoms with van der Waals surface area (Å²) in [6.07, 6.45) is 1.53. The van der Waals surface area contributed by atoms with Crippen LogP contribution in [0, 0.1) is 0 Å². The van der Waals surface area contributed by atoms with Crippen LogP contribution in [0.2, 0.25) is 0 Å². The van der Waals surface area contributed by atoms with Crippen LogP contribution >= 0.6 is 11.8 Å². The first kappa shape index (κ1) is 18.0. The number of rotatable bonds is 8. The molecule has 1 aromatic rings. The van der Waals surface area contributed by atoms with Crippen molar-refractivity contribution in [3.63, 3.8) is 0 Å². The largest absolute Gasteiger partial charge is 0.452 e. The predicted octanol–water partition coefficient (Wildman–Crippen LogP) is 0.603. The lowest BCUT2D eigenvalue weighted by atomic mass is 10.3. The van der Waals surface area contributed by atoms with Crippen molar-refractivity contribution in [2.24, 2.45) is 0 Å². The van der Waals surface area contributed by atoms with Crippen molar-refractivity contribution in [3.05, 3.63) is 23.9 Å². The number of nitrogens with one attached hydrogen (secondary N) is 2. The summed E-state index contributed by atoms with van der Waals surface area (Å²) in [4.78, 5) is 38.8. The van der Waals surface area contributed by atoms with Gasteiger partial charge in [-0.2, -0.15) is 0 Å². The number of hydrogen-bond acceptors (Lipinski definition) is 6. The number of hydrogen-bond donors (Lipinski definition) is 2. The zero-order chi connectivity index (χ0) is 16.4. The van der Waals surface area contributed by atoms with Gasteiger partial charge in [-0.25, -0.2) is 9.78 Å². The van der Waals surface area contributed by atoms with Crippen LogP contribution in [-0.4, -0.2) is 48.2 Å². The zero-order valence-electron chi connectivity index (χ0n) is 12.5. The molecule has 2 N–H and O–H groups in total. The number of aromatic nitrogens is 1. The number of esters is 1. The predicted molar refractivity (Wildman–Crippen MR) is 82.6 cm³/mol. The summed E-state index contributed by atoms with van der Waals surface area (Å²) in [5.74, 6) is -0.990. The highest BCUT2D eigenvalue weighted by molar-refractivity contribution is 8.00. The Morgan fingerprint density at radius 2 is 1.86 bits per heavy atom. The molecule has 0 aliphatic heterocycles. The molecule has 0 saturated heterocycles. The summed E-state index contributed by atoms with van der Waals surface area (Å²) in [6.45, 7) is 4.27. The monoisotopic (exact) mass is 325 g/mol. The SMILES string of the molecule is CCNC(=O)COC(=O)c1cccnc1SCC(=O)NCC. The summed E-state index contributed by atoms with van der Waals surface area (Å²) >= 11 is 1.14. The average molecular weight is 325 g/mol. The Hall–Kier alpha value is -2.09. The lowest BCUT2D eigenvalue weighted by Crippen LogP contribution is -2.28. The second-order valence-electron chi connectivity index (χ2n) is 4.13. The molecule has 22 heavy (non-hydrogen) atoms. The highest BCUT2D eigenvalue weighted by atomic mass is 32.2. The molecule has 0 bridgehead atoms. The van der Waals surface area contributed by atoms with Gasteiger partial charge >= 0.3 is 5.97 Å². The van der Waals surface area contributed by atoms with Gasteiger partial charge in [0.05, 0.1) is 11.3 Å². The highest BCUT2D eigenvalue weighted by Gasteiger charge is 2.16. The minimum atomic E-state index is -0.641. The van der Waals surface area contributed by atoms with Crippen LogP contribution in [-0.2, 0) is 14.3 Å². The summed E-state index contributed by atoms with van der Waals surface area (Å²) in [5, 5.41) is 5.59. The third-order valence-corrected chi connectivity index (χ3v) is 3.42. The molecule has 7 nitrogen and oxygen atoms in total. The van der Waals surface area contributed by atoms with Gasteiger partial charge in [-0.15, -0.1) is 0 Å². The summed E-state index contributed by atoms with van der Waals surface area (Å²) in [7, 11) is 0. The number of thioether (sulfide) groups is 1. The van der Waals surface area contributed by atoms with Crippen molar-refractivity contribution in [1.29, 1.82) is 0 Å². The smallest absolute Gasteiger partial charge is 0.341 e. The maximum Gasteiger partial charge on any atom is 0.341 e. The molecule has 8 heteroatoms. The molecule has 0 fully saturated rings. The third-order valence-electron chi connectivity index (χ3n) is 2.41. The molecule has 0 radical (unpaired) electrons. The lowest BCUT2D eigenvalue weighted by Gasteiger charge is -2.08. The van der Waals surface area contributed by atoms with Crippen LogP contribution in [0.4, 0.5) is 0 Å². The minimum Gasteiger partial charge on any atom is -0.452 e. The molecule has 0 aliphatic carbocycles. The summed E-state index contributed by atoms with van der Waals surface area (Å²) in [5.41, 5.74) is 0.237. The van der Waals surface area contributed by atoms with E-state index in [-0.39, 0.29) is 29.7 Å². The Kier molecular flexibility index (Phi) is 7.98. The van der Waals surface area contributed by atoms with Crippen molar-refractivity contribution in [3.8, 4) is 0 Å². The van der Waals surface area contributed by atoms with E-state index in [1.165, 1.54) is 6.20 Å². The van der Waals surface area contributed by atoms with Crippen LogP contribution in [0.25, 0.3) is 0 Å². The molecule has 1 heterocycles. The highest BCUT2D eigenvalue weighted by Crippen LogP contribution is 2.20. The average Bonchev–Trinajstić information content (AvgIpc) is 2.51. The Morgan fingerprint density at radius 3 is 2.55 bits per heavy atom. The standard InChI is InChI=1S/C14H19N3O4S/c1-3-15-11(18)8-21-14(20)10-6-5-7-17-13(10)22-9-12(19)16-4-2/h5-7H,3-4,8-9H2,1-2H3,(H,15,18)(H,16,19). The van der Waals surface area contributed by atoms with E-state index in [1.807, 2.05) is 6.92 Å². The molecule has 0 aliphatic rings. The Balaban J connectivity index is 2.64. The fourth-order valence-electron chi connectivity index (χ4n) is 1.50. The molecular formula is C14H19N3O4S. The number of amides is 2. The maximum absolute atomic E-state index is 12.0. The quantitative estimate of drug-likeness (QED) is 0.537. The van der Waals surface area contributed by atoms with Gasteiger partial charge in [-0.05, 0) is 26.0 Å². The number of likely N-dealkylation sites (N-methyl/N-ethyl adjacent to an activating group) is 1. The topological polar surface area (TPSA) is 97.4 Å². The van der Waals surface area contributed by atoms with Gasteiger partial charge in [0.2, 0.25) is 5.91 Å². The molecular weight excluding hydrogens is 306 g/mol. The van der Waals surface area contributed by atoms with Gasteiger partial charge in [0.25, 0.3) is 5.91 Å². The molecule has 1 aromatic heterocycles. The second kappa shape index (κ2) is 9.78. The first-order chi connectivity index (χ1) is 10.6. The Bertz CT molecular complexity index is 537. The summed E-state index contributed by atoms with van der Waals surface area (Å²) in [6, 6.07) is 3.14. The van der Waals surface area contributed by atoms with E-state index >= 15 is 0 Å². The molecule has 0 atom stereocenters. The van der Waals surface area contributed by atoms with Crippen molar-refractivity contribution >= 4 is 29.5 Å². The fourth-order valence-corrected chi connectivity index (χ4v) is 2.31. The number of nitrogens with zero attached hydrogens (tertiary/aromatic N) is 1. The van der Waals surface area contributed by atoms with Crippen molar-refractivity contribution in [2.45, 2.75) is 18.9 Å². The van der Waals surface area contributed by atoms with Gasteiger partial charge in [-0.3, -0.25) is 9.59 Å². The van der Waals surface area contributed by atoms with Crippen molar-refractivity contribution in [1.82, 2.24) is 15.6 Å². The van der Waals surface area contributed by atoms with Gasteiger partial charge in [0, 0.05) is 19.3 Å². The molecule has 1 rings (SSSR count). The molecule has 0 unspecified atom stereocenters. The van der Waals surface area contributed by atoms with Gasteiger partial charge < -0.3 is 15.4 Å². The molecule has 2 amide bonds. The maximum atomic E-state index is 12.0. The van der Waals surface area contributed by atoms with Crippen LogP contribution in [0.3, 0.4) is 0 Å². The van der Waals surface area contributed by atoms with Gasteiger partial charge in [0.1, 0.15) is 5.03 Å². The molecule has 120 valence electrons. The van der Waals surface area contributed by atoms with E-state index in [2.05, 4.69) is 15.6 Å². The van der Waals surface area contributed by atoms with Crippen LogP contribution in [0.15, 0.2) is 23.4 Å². The van der Waals surface area contributed by atoms with E-state index in [9.17, 15) is 14.4 Å². The van der Waals surface area contributed by atoms with E-state index in [0.29, 0.717) is 18.1 Å². The van der Waals surface area contributed by atoms with E-state index in [1.54, 1.807) is 19.1 Å². The first-order valence-corrected chi connectivity index (χ1v) is 7.85. The van der Waals surface area contributed by atoms with Gasteiger partial charge in [-0.1, -0.05) is 11.8 Å². The molecule has 0 aromatic carbocycles.